The fourth-order valence-electron chi connectivity index (χ4n) is 6.54. The summed E-state index contributed by atoms with van der Waals surface area (Å²) >= 11 is 0. The van der Waals surface area contributed by atoms with Crippen molar-refractivity contribution in [1.82, 2.24) is 0 Å². The summed E-state index contributed by atoms with van der Waals surface area (Å²) in [5.41, 5.74) is 0. The number of hydrogen-bond donors (Lipinski definition) is 2. The summed E-state index contributed by atoms with van der Waals surface area (Å²) in [5, 5.41) is 0. The molecule has 2 N–H and O–H groups in total. The zero-order valence-corrected chi connectivity index (χ0v) is 36.0. The number of rotatable bonds is 42. The maximum absolute atomic E-state index is 12.4. The molecule has 0 amide bonds. The van der Waals surface area contributed by atoms with Gasteiger partial charge >= 0.3 is 19.8 Å². The second kappa shape index (κ2) is 41.2. The standard InChI is InChI=1S/C45H85O8P/c1-3-5-7-9-11-13-15-17-19-21-22-24-26-28-30-32-34-36-38-40-45(47)53-43(42-52-54(48,49)50)41-51-44(46)39-37-35-33-31-29-27-25-23-20-18-16-14-12-10-8-6-4-2/h18,20-22,43H,3-17,19,23-42H2,1-2H3,(H2,48,49,50)/b20-18-,22-21-/t43-/m1/s1. The molecule has 0 aliphatic heterocycles. The minimum Gasteiger partial charge on any atom is -0.462 e. The molecule has 9 heteroatoms. The topological polar surface area (TPSA) is 119 Å². The maximum Gasteiger partial charge on any atom is 0.469 e. The quantitative estimate of drug-likeness (QED) is 0.0272. The van der Waals surface area contributed by atoms with Crippen molar-refractivity contribution in [3.63, 3.8) is 0 Å². The third-order valence-electron chi connectivity index (χ3n) is 9.94. The van der Waals surface area contributed by atoms with Crippen LogP contribution in [0.25, 0.3) is 0 Å². The van der Waals surface area contributed by atoms with Gasteiger partial charge in [-0.2, -0.15) is 0 Å². The Morgan fingerprint density at radius 3 is 1.13 bits per heavy atom. The maximum atomic E-state index is 12.4. The van der Waals surface area contributed by atoms with Crippen LogP contribution in [0.5, 0.6) is 0 Å². The molecule has 0 unspecified atom stereocenters. The van der Waals surface area contributed by atoms with Gasteiger partial charge in [0.15, 0.2) is 6.10 Å². The predicted octanol–water partition coefficient (Wildman–Crippen LogP) is 14.0. The van der Waals surface area contributed by atoms with Crippen LogP contribution in [0.3, 0.4) is 0 Å². The van der Waals surface area contributed by atoms with Crippen LogP contribution in [-0.4, -0.2) is 41.0 Å². The van der Waals surface area contributed by atoms with Gasteiger partial charge in [0.2, 0.25) is 0 Å². The molecule has 318 valence electrons. The number of phosphoric acid groups is 1. The van der Waals surface area contributed by atoms with Crippen LogP contribution in [0.15, 0.2) is 24.3 Å². The van der Waals surface area contributed by atoms with Crippen LogP contribution < -0.4 is 0 Å². The Hall–Kier alpha value is -1.47. The van der Waals surface area contributed by atoms with Gasteiger partial charge in [0, 0.05) is 12.8 Å². The highest BCUT2D eigenvalue weighted by Crippen LogP contribution is 2.36. The van der Waals surface area contributed by atoms with E-state index in [4.69, 9.17) is 19.3 Å². The first-order chi connectivity index (χ1) is 26.3. The van der Waals surface area contributed by atoms with Crippen molar-refractivity contribution in [2.45, 2.75) is 238 Å². The van der Waals surface area contributed by atoms with Crippen LogP contribution in [0.4, 0.5) is 0 Å². The normalized spacial score (nSPS) is 12.6. The highest BCUT2D eigenvalue weighted by molar-refractivity contribution is 7.46. The fraction of sp³-hybridized carbons (Fsp3) is 0.867. The highest BCUT2D eigenvalue weighted by Gasteiger charge is 2.22. The zero-order chi connectivity index (χ0) is 39.6. The minimum absolute atomic E-state index is 0.208. The van der Waals surface area contributed by atoms with Gasteiger partial charge in [0.05, 0.1) is 6.61 Å². The average Bonchev–Trinajstić information content (AvgIpc) is 3.14. The van der Waals surface area contributed by atoms with Gasteiger partial charge in [0.25, 0.3) is 0 Å². The van der Waals surface area contributed by atoms with E-state index >= 15 is 0 Å². The number of allylic oxidation sites excluding steroid dienone is 4. The first kappa shape index (κ1) is 52.5. The van der Waals surface area contributed by atoms with E-state index in [1.807, 2.05) is 0 Å². The number of carbonyl (C=O) groups excluding carboxylic acids is 2. The molecule has 0 saturated heterocycles. The monoisotopic (exact) mass is 785 g/mol. The molecule has 0 aliphatic carbocycles. The molecule has 0 fully saturated rings. The van der Waals surface area contributed by atoms with E-state index in [0.29, 0.717) is 6.42 Å². The summed E-state index contributed by atoms with van der Waals surface area (Å²) in [4.78, 5) is 42.9. The van der Waals surface area contributed by atoms with Crippen molar-refractivity contribution >= 4 is 19.8 Å². The van der Waals surface area contributed by atoms with Gasteiger partial charge in [-0.25, -0.2) is 4.57 Å². The van der Waals surface area contributed by atoms with Crippen molar-refractivity contribution in [2.24, 2.45) is 0 Å². The van der Waals surface area contributed by atoms with Gasteiger partial charge in [0.1, 0.15) is 6.61 Å². The van der Waals surface area contributed by atoms with Crippen LogP contribution in [0.1, 0.15) is 232 Å². The van der Waals surface area contributed by atoms with Crippen molar-refractivity contribution < 1.29 is 37.9 Å². The molecule has 0 aromatic heterocycles. The number of esters is 2. The number of carbonyl (C=O) groups is 2. The van der Waals surface area contributed by atoms with E-state index in [9.17, 15) is 14.2 Å². The number of hydrogen-bond acceptors (Lipinski definition) is 6. The molecular weight excluding hydrogens is 699 g/mol. The predicted molar refractivity (Wildman–Crippen MR) is 225 cm³/mol. The van der Waals surface area contributed by atoms with Gasteiger partial charge in [-0.1, -0.05) is 179 Å². The molecule has 54 heavy (non-hydrogen) atoms. The number of ether oxygens (including phenoxy) is 2. The zero-order valence-electron chi connectivity index (χ0n) is 35.1. The summed E-state index contributed by atoms with van der Waals surface area (Å²) in [6, 6.07) is 0. The van der Waals surface area contributed by atoms with E-state index in [-0.39, 0.29) is 19.4 Å². The Labute approximate surface area is 332 Å². The Bertz CT molecular complexity index is 931. The fourth-order valence-corrected chi connectivity index (χ4v) is 6.90. The van der Waals surface area contributed by atoms with E-state index in [2.05, 4.69) is 42.7 Å². The van der Waals surface area contributed by atoms with Crippen LogP contribution in [-0.2, 0) is 28.2 Å². The Morgan fingerprint density at radius 2 is 0.778 bits per heavy atom. The van der Waals surface area contributed by atoms with Crippen LogP contribution >= 0.6 is 7.82 Å². The summed E-state index contributed by atoms with van der Waals surface area (Å²) in [7, 11) is -4.76. The molecule has 0 spiro atoms. The van der Waals surface area contributed by atoms with E-state index in [1.165, 1.54) is 141 Å². The van der Waals surface area contributed by atoms with Gasteiger partial charge in [-0.05, 0) is 64.2 Å². The third kappa shape index (κ3) is 43.3. The Balaban J connectivity index is 3.88. The second-order valence-corrected chi connectivity index (χ2v) is 16.6. The molecule has 8 nitrogen and oxygen atoms in total. The Morgan fingerprint density at radius 1 is 0.463 bits per heavy atom. The first-order valence-corrected chi connectivity index (χ1v) is 24.2. The van der Waals surface area contributed by atoms with E-state index in [0.717, 1.165) is 57.8 Å². The highest BCUT2D eigenvalue weighted by atomic mass is 31.2. The summed E-state index contributed by atoms with van der Waals surface area (Å²) in [6.45, 7) is 3.70. The van der Waals surface area contributed by atoms with Crippen molar-refractivity contribution in [1.29, 1.82) is 0 Å². The summed E-state index contributed by atoms with van der Waals surface area (Å²) < 4.78 is 26.4. The molecule has 0 aromatic carbocycles. The molecule has 0 bridgehead atoms. The van der Waals surface area contributed by atoms with Gasteiger partial charge in [-0.3, -0.25) is 14.1 Å². The largest absolute Gasteiger partial charge is 0.469 e. The minimum atomic E-state index is -4.76. The average molecular weight is 785 g/mol. The van der Waals surface area contributed by atoms with Crippen molar-refractivity contribution in [2.75, 3.05) is 13.2 Å². The van der Waals surface area contributed by atoms with Crippen molar-refractivity contribution in [3.8, 4) is 0 Å². The number of phosphoric ester groups is 1. The molecule has 0 aliphatic rings. The Kier molecular flexibility index (Phi) is 40.1. The lowest BCUT2D eigenvalue weighted by Crippen LogP contribution is -2.29. The van der Waals surface area contributed by atoms with Crippen LogP contribution in [0, 0.1) is 0 Å². The van der Waals surface area contributed by atoms with Crippen LogP contribution in [0.2, 0.25) is 0 Å². The lowest BCUT2D eigenvalue weighted by atomic mass is 10.1. The lowest BCUT2D eigenvalue weighted by molar-refractivity contribution is -0.161. The summed E-state index contributed by atoms with van der Waals surface area (Å²) in [6.07, 6.45) is 47.5. The molecule has 0 rings (SSSR count). The van der Waals surface area contributed by atoms with E-state index < -0.39 is 32.5 Å². The molecule has 0 heterocycles. The smallest absolute Gasteiger partial charge is 0.462 e. The lowest BCUT2D eigenvalue weighted by Gasteiger charge is -2.18. The van der Waals surface area contributed by atoms with Gasteiger partial charge < -0.3 is 19.3 Å². The molecule has 0 saturated carbocycles. The summed E-state index contributed by atoms with van der Waals surface area (Å²) in [5.74, 6) is -0.886. The van der Waals surface area contributed by atoms with E-state index in [1.54, 1.807) is 0 Å². The first-order valence-electron chi connectivity index (χ1n) is 22.6. The van der Waals surface area contributed by atoms with Gasteiger partial charge in [-0.15, -0.1) is 0 Å². The third-order valence-corrected chi connectivity index (χ3v) is 10.4. The molecule has 1 atom stereocenters. The molecule has 0 aromatic rings. The SMILES string of the molecule is CCCCCCCC/C=C\CCCCCCCCCC(=O)OC[C@H](COP(=O)(O)O)OC(=O)CCCCCCCCC/C=C\CCCCCCCCCC. The number of unbranched alkanes of at least 4 members (excludes halogenated alkanes) is 28. The second-order valence-electron chi connectivity index (χ2n) is 15.4. The molecule has 0 radical (unpaired) electrons. The van der Waals surface area contributed by atoms with Crippen molar-refractivity contribution in [3.05, 3.63) is 24.3 Å². The molecular formula is C45H85O8P.